The quantitative estimate of drug-likeness (QED) is 0.885. The van der Waals surface area contributed by atoms with Crippen molar-refractivity contribution in [1.82, 2.24) is 10.2 Å². The summed E-state index contributed by atoms with van der Waals surface area (Å²) in [5.41, 5.74) is 3.24. The number of anilines is 1. The minimum Gasteiger partial charge on any atom is -0.384 e. The number of hydrogen-bond donors (Lipinski definition) is 2. The molecule has 0 radical (unpaired) electrons. The second kappa shape index (κ2) is 8.61. The largest absolute Gasteiger partial charge is 0.384 e. The molecule has 0 aromatic heterocycles. The van der Waals surface area contributed by atoms with Gasteiger partial charge in [-0.15, -0.1) is 24.8 Å². The van der Waals surface area contributed by atoms with E-state index in [-0.39, 0.29) is 30.7 Å². The van der Waals surface area contributed by atoms with Crippen LogP contribution in [-0.2, 0) is 6.42 Å². The number of hydrogen-bond acceptors (Lipinski definition) is 3. The maximum Gasteiger partial charge on any atom is 0.251 e. The van der Waals surface area contributed by atoms with Crippen LogP contribution in [0, 0.1) is 0 Å². The zero-order valence-corrected chi connectivity index (χ0v) is 14.6. The van der Waals surface area contributed by atoms with E-state index in [1.54, 1.807) is 0 Å². The Bertz CT molecular complexity index is 502. The molecule has 2 aliphatic heterocycles. The Labute approximate surface area is 144 Å². The second-order valence-corrected chi connectivity index (χ2v) is 5.73. The lowest BCUT2D eigenvalue weighted by molar-refractivity contribution is 0.0912. The number of rotatable bonds is 3. The number of amides is 1. The van der Waals surface area contributed by atoms with E-state index in [4.69, 9.17) is 0 Å². The first kappa shape index (κ1) is 19.1. The maximum absolute atomic E-state index is 12.3. The number of carbonyl (C=O) groups excluding carboxylic acids is 1. The van der Waals surface area contributed by atoms with E-state index < -0.39 is 0 Å². The van der Waals surface area contributed by atoms with Crippen LogP contribution >= 0.6 is 24.8 Å². The van der Waals surface area contributed by atoms with Crippen molar-refractivity contribution < 1.29 is 4.79 Å². The van der Waals surface area contributed by atoms with Crippen LogP contribution in [0.3, 0.4) is 0 Å². The average molecular weight is 346 g/mol. The Morgan fingerprint density at radius 1 is 1.32 bits per heavy atom. The molecule has 124 valence electrons. The Hall–Kier alpha value is -0.970. The van der Waals surface area contributed by atoms with E-state index >= 15 is 0 Å². The first-order valence-electron chi connectivity index (χ1n) is 7.66. The van der Waals surface area contributed by atoms with Gasteiger partial charge in [0, 0.05) is 36.9 Å². The van der Waals surface area contributed by atoms with Crippen molar-refractivity contribution in [2.45, 2.75) is 32.2 Å². The van der Waals surface area contributed by atoms with Crippen molar-refractivity contribution in [1.29, 1.82) is 0 Å². The normalized spacial score (nSPS) is 17.7. The van der Waals surface area contributed by atoms with Crippen LogP contribution in [0.5, 0.6) is 0 Å². The molecule has 0 spiro atoms. The molecule has 2 heterocycles. The number of carbonyl (C=O) groups is 1. The van der Waals surface area contributed by atoms with Gasteiger partial charge in [0.05, 0.1) is 0 Å². The van der Waals surface area contributed by atoms with Gasteiger partial charge < -0.3 is 15.5 Å². The highest BCUT2D eigenvalue weighted by atomic mass is 35.5. The molecule has 0 saturated carbocycles. The summed E-state index contributed by atoms with van der Waals surface area (Å²) in [6, 6.07) is 6.31. The predicted octanol–water partition coefficient (Wildman–Crippen LogP) is 2.71. The maximum atomic E-state index is 12.3. The first-order chi connectivity index (χ1) is 9.76. The molecule has 22 heavy (non-hydrogen) atoms. The third-order valence-corrected chi connectivity index (χ3v) is 4.45. The topological polar surface area (TPSA) is 44.4 Å². The van der Waals surface area contributed by atoms with E-state index in [0.717, 1.165) is 51.0 Å². The van der Waals surface area contributed by atoms with Crippen LogP contribution in [0.2, 0.25) is 0 Å². The van der Waals surface area contributed by atoms with Gasteiger partial charge >= 0.3 is 0 Å². The Balaban J connectivity index is 0.00000121. The zero-order chi connectivity index (χ0) is 13.9. The highest BCUT2D eigenvalue weighted by molar-refractivity contribution is 5.95. The fourth-order valence-corrected chi connectivity index (χ4v) is 3.11. The molecule has 3 rings (SSSR count). The second-order valence-electron chi connectivity index (χ2n) is 5.73. The minimum absolute atomic E-state index is 0. The van der Waals surface area contributed by atoms with Crippen LogP contribution in [0.25, 0.3) is 0 Å². The molecule has 2 aliphatic rings. The van der Waals surface area contributed by atoms with Gasteiger partial charge in [0.1, 0.15) is 0 Å². The third kappa shape index (κ3) is 4.28. The summed E-state index contributed by atoms with van der Waals surface area (Å²) in [4.78, 5) is 14.8. The molecule has 0 aliphatic carbocycles. The van der Waals surface area contributed by atoms with Crippen molar-refractivity contribution in [2.24, 2.45) is 0 Å². The summed E-state index contributed by atoms with van der Waals surface area (Å²) in [6.07, 6.45) is 3.14. The van der Waals surface area contributed by atoms with Gasteiger partial charge in [0.15, 0.2) is 0 Å². The van der Waals surface area contributed by atoms with E-state index in [9.17, 15) is 4.79 Å². The van der Waals surface area contributed by atoms with Crippen molar-refractivity contribution >= 4 is 36.4 Å². The molecule has 6 heteroatoms. The molecule has 1 aromatic rings. The van der Waals surface area contributed by atoms with Crippen LogP contribution in [0.4, 0.5) is 5.69 Å². The van der Waals surface area contributed by atoms with E-state index in [1.807, 2.05) is 18.2 Å². The molecule has 0 bridgehead atoms. The smallest absolute Gasteiger partial charge is 0.251 e. The number of likely N-dealkylation sites (tertiary alicyclic amines) is 1. The van der Waals surface area contributed by atoms with Crippen molar-refractivity contribution in [3.8, 4) is 0 Å². The number of halogens is 2. The molecule has 1 amide bonds. The average Bonchev–Trinajstić information content (AvgIpc) is 2.95. The van der Waals surface area contributed by atoms with Gasteiger partial charge in [-0.25, -0.2) is 0 Å². The van der Waals surface area contributed by atoms with Crippen LogP contribution in [0.1, 0.15) is 35.7 Å². The number of benzene rings is 1. The van der Waals surface area contributed by atoms with Crippen LogP contribution in [-0.4, -0.2) is 43.0 Å². The summed E-state index contributed by atoms with van der Waals surface area (Å²) in [5.74, 6) is 0.0784. The minimum atomic E-state index is 0. The lowest BCUT2D eigenvalue weighted by Gasteiger charge is -2.31. The van der Waals surface area contributed by atoms with Crippen molar-refractivity contribution in [3.63, 3.8) is 0 Å². The monoisotopic (exact) mass is 345 g/mol. The van der Waals surface area contributed by atoms with E-state index in [0.29, 0.717) is 6.04 Å². The SMILES string of the molecule is CCN1CCC(NC(=O)c2ccc3c(c2)CCN3)CC1.Cl.Cl. The Morgan fingerprint density at radius 2 is 2.05 bits per heavy atom. The van der Waals surface area contributed by atoms with Gasteiger partial charge in [-0.2, -0.15) is 0 Å². The summed E-state index contributed by atoms with van der Waals surface area (Å²) in [7, 11) is 0. The number of nitrogens with one attached hydrogen (secondary N) is 2. The summed E-state index contributed by atoms with van der Waals surface area (Å²) in [5, 5.41) is 6.51. The van der Waals surface area contributed by atoms with Gasteiger partial charge in [-0.05, 0) is 49.6 Å². The lowest BCUT2D eigenvalue weighted by Crippen LogP contribution is -2.44. The fourth-order valence-electron chi connectivity index (χ4n) is 3.11. The first-order valence-corrected chi connectivity index (χ1v) is 7.66. The summed E-state index contributed by atoms with van der Waals surface area (Å²) >= 11 is 0. The molecular weight excluding hydrogens is 321 g/mol. The van der Waals surface area contributed by atoms with E-state index in [1.165, 1.54) is 11.3 Å². The van der Waals surface area contributed by atoms with Crippen molar-refractivity contribution in [3.05, 3.63) is 29.3 Å². The molecule has 0 atom stereocenters. The standard InChI is InChI=1S/C16H23N3O.2ClH/c1-2-19-9-6-14(7-10-19)18-16(20)13-3-4-15-12(11-13)5-8-17-15;;/h3-4,11,14,17H,2,5-10H2,1H3,(H,18,20);2*1H. The number of piperidine rings is 1. The van der Waals surface area contributed by atoms with Gasteiger partial charge in [0.2, 0.25) is 0 Å². The van der Waals surface area contributed by atoms with Crippen molar-refractivity contribution in [2.75, 3.05) is 31.5 Å². The van der Waals surface area contributed by atoms with Crippen LogP contribution < -0.4 is 10.6 Å². The number of nitrogens with zero attached hydrogens (tertiary/aromatic N) is 1. The number of fused-ring (bicyclic) bond motifs is 1. The van der Waals surface area contributed by atoms with E-state index in [2.05, 4.69) is 22.5 Å². The van der Waals surface area contributed by atoms with Gasteiger partial charge in [-0.1, -0.05) is 6.92 Å². The zero-order valence-electron chi connectivity index (χ0n) is 12.9. The molecule has 2 N–H and O–H groups in total. The molecule has 4 nitrogen and oxygen atoms in total. The highest BCUT2D eigenvalue weighted by Crippen LogP contribution is 2.23. The molecule has 0 unspecified atom stereocenters. The summed E-state index contributed by atoms with van der Waals surface area (Å²) < 4.78 is 0. The molecule has 1 fully saturated rings. The predicted molar refractivity (Wildman–Crippen MR) is 95.7 cm³/mol. The third-order valence-electron chi connectivity index (χ3n) is 4.45. The van der Waals surface area contributed by atoms with Gasteiger partial charge in [0.25, 0.3) is 5.91 Å². The molecular formula is C16H25Cl2N3O. The lowest BCUT2D eigenvalue weighted by atomic mass is 10.0. The highest BCUT2D eigenvalue weighted by Gasteiger charge is 2.21. The molecule has 1 saturated heterocycles. The fraction of sp³-hybridized carbons (Fsp3) is 0.562. The summed E-state index contributed by atoms with van der Waals surface area (Å²) in [6.45, 7) is 6.47. The van der Waals surface area contributed by atoms with Crippen LogP contribution in [0.15, 0.2) is 18.2 Å². The molecule has 1 aromatic carbocycles. The Kier molecular flexibility index (Phi) is 7.46. The Morgan fingerprint density at radius 3 is 2.73 bits per heavy atom. The van der Waals surface area contributed by atoms with Gasteiger partial charge in [-0.3, -0.25) is 4.79 Å².